The number of hydrogen-bond donors (Lipinski definition) is 2. The number of nitrogens with zero attached hydrogens (tertiary/aromatic N) is 1. The van der Waals surface area contributed by atoms with Crippen LogP contribution in [-0.2, 0) is 4.79 Å². The monoisotopic (exact) mass is 215 g/mol. The Kier molecular flexibility index (Phi) is 6.52. The quantitative estimate of drug-likeness (QED) is 0.681. The zero-order valence-electron chi connectivity index (χ0n) is 10.6. The summed E-state index contributed by atoms with van der Waals surface area (Å²) < 4.78 is 0. The Balaban J connectivity index is 4.07. The van der Waals surface area contributed by atoms with Gasteiger partial charge in [0.15, 0.2) is 0 Å². The average molecular weight is 215 g/mol. The largest absolute Gasteiger partial charge is 0.352 e. The molecule has 0 aliphatic heterocycles. The van der Waals surface area contributed by atoms with E-state index in [1.54, 1.807) is 0 Å². The van der Waals surface area contributed by atoms with E-state index in [2.05, 4.69) is 12.2 Å². The second-order valence-corrected chi connectivity index (χ2v) is 4.41. The summed E-state index contributed by atoms with van der Waals surface area (Å²) in [6.07, 6.45) is 0.954. The highest BCUT2D eigenvalue weighted by molar-refractivity contribution is 5.81. The van der Waals surface area contributed by atoms with Crippen molar-refractivity contribution >= 4 is 5.91 Å². The third-order valence-electron chi connectivity index (χ3n) is 2.62. The van der Waals surface area contributed by atoms with E-state index >= 15 is 0 Å². The topological polar surface area (TPSA) is 58.4 Å². The molecule has 0 bridgehead atoms. The molecule has 3 unspecified atom stereocenters. The summed E-state index contributed by atoms with van der Waals surface area (Å²) in [4.78, 5) is 13.7. The zero-order valence-corrected chi connectivity index (χ0v) is 10.6. The SMILES string of the molecule is CCC(C)NC(=O)C(C)N(C)CC(C)N. The van der Waals surface area contributed by atoms with Crippen LogP contribution in [0, 0.1) is 0 Å². The van der Waals surface area contributed by atoms with Crippen molar-refractivity contribution in [1.82, 2.24) is 10.2 Å². The summed E-state index contributed by atoms with van der Waals surface area (Å²) in [5, 5.41) is 2.96. The smallest absolute Gasteiger partial charge is 0.237 e. The highest BCUT2D eigenvalue weighted by Crippen LogP contribution is 1.98. The van der Waals surface area contributed by atoms with E-state index in [1.807, 2.05) is 32.7 Å². The number of nitrogens with two attached hydrogens (primary N) is 1. The molecule has 0 rings (SSSR count). The molecule has 15 heavy (non-hydrogen) atoms. The van der Waals surface area contributed by atoms with E-state index in [0.717, 1.165) is 13.0 Å². The van der Waals surface area contributed by atoms with E-state index in [0.29, 0.717) is 0 Å². The Hall–Kier alpha value is -0.610. The number of hydrogen-bond acceptors (Lipinski definition) is 3. The van der Waals surface area contributed by atoms with E-state index < -0.39 is 0 Å². The summed E-state index contributed by atoms with van der Waals surface area (Å²) in [7, 11) is 1.92. The fourth-order valence-corrected chi connectivity index (χ4v) is 1.28. The summed E-state index contributed by atoms with van der Waals surface area (Å²) in [5.74, 6) is 0.0764. The molecule has 0 aliphatic carbocycles. The molecular weight excluding hydrogens is 190 g/mol. The Morgan fingerprint density at radius 2 is 1.93 bits per heavy atom. The van der Waals surface area contributed by atoms with Crippen molar-refractivity contribution in [2.24, 2.45) is 5.73 Å². The van der Waals surface area contributed by atoms with Crippen molar-refractivity contribution < 1.29 is 4.79 Å². The number of amides is 1. The van der Waals surface area contributed by atoms with Crippen molar-refractivity contribution in [2.45, 2.75) is 52.2 Å². The van der Waals surface area contributed by atoms with Crippen molar-refractivity contribution in [1.29, 1.82) is 0 Å². The lowest BCUT2D eigenvalue weighted by molar-refractivity contribution is -0.126. The second-order valence-electron chi connectivity index (χ2n) is 4.41. The molecule has 0 aromatic carbocycles. The van der Waals surface area contributed by atoms with Gasteiger partial charge in [0.2, 0.25) is 5.91 Å². The average Bonchev–Trinajstić information content (AvgIpc) is 2.15. The van der Waals surface area contributed by atoms with Crippen LogP contribution in [0.3, 0.4) is 0 Å². The van der Waals surface area contributed by atoms with Crippen molar-refractivity contribution in [3.05, 3.63) is 0 Å². The second kappa shape index (κ2) is 6.80. The summed E-state index contributed by atoms with van der Waals surface area (Å²) >= 11 is 0. The van der Waals surface area contributed by atoms with Crippen molar-refractivity contribution in [2.75, 3.05) is 13.6 Å². The molecule has 0 radical (unpaired) electrons. The number of likely N-dealkylation sites (N-methyl/N-ethyl adjacent to an activating group) is 1. The molecule has 0 spiro atoms. The van der Waals surface area contributed by atoms with Crippen LogP contribution in [0.2, 0.25) is 0 Å². The number of rotatable bonds is 6. The first-order valence-electron chi connectivity index (χ1n) is 5.64. The third-order valence-corrected chi connectivity index (χ3v) is 2.62. The molecule has 1 amide bonds. The first-order chi connectivity index (χ1) is 6.88. The Bertz CT molecular complexity index is 194. The molecule has 0 aromatic rings. The number of nitrogens with one attached hydrogen (secondary N) is 1. The Labute approximate surface area is 93.2 Å². The van der Waals surface area contributed by atoms with Crippen LogP contribution in [0.1, 0.15) is 34.1 Å². The van der Waals surface area contributed by atoms with E-state index in [9.17, 15) is 4.79 Å². The molecule has 0 aliphatic rings. The maximum atomic E-state index is 11.7. The van der Waals surface area contributed by atoms with Crippen LogP contribution >= 0.6 is 0 Å². The van der Waals surface area contributed by atoms with E-state index in [-0.39, 0.29) is 24.0 Å². The van der Waals surface area contributed by atoms with Crippen LogP contribution in [0.4, 0.5) is 0 Å². The minimum Gasteiger partial charge on any atom is -0.352 e. The minimum atomic E-state index is -0.120. The van der Waals surface area contributed by atoms with E-state index in [1.165, 1.54) is 0 Å². The van der Waals surface area contributed by atoms with Gasteiger partial charge in [-0.2, -0.15) is 0 Å². The lowest BCUT2D eigenvalue weighted by atomic mass is 10.2. The lowest BCUT2D eigenvalue weighted by Crippen LogP contribution is -2.48. The molecule has 3 atom stereocenters. The normalized spacial score (nSPS) is 17.3. The summed E-state index contributed by atoms with van der Waals surface area (Å²) in [5.41, 5.74) is 5.69. The van der Waals surface area contributed by atoms with Gasteiger partial charge in [0.1, 0.15) is 0 Å². The van der Waals surface area contributed by atoms with Crippen LogP contribution in [0.25, 0.3) is 0 Å². The van der Waals surface area contributed by atoms with Crippen LogP contribution in [0.15, 0.2) is 0 Å². The molecule has 0 saturated carbocycles. The molecule has 3 N–H and O–H groups in total. The van der Waals surface area contributed by atoms with Gasteiger partial charge in [0, 0.05) is 18.6 Å². The molecule has 0 fully saturated rings. The van der Waals surface area contributed by atoms with Gasteiger partial charge >= 0.3 is 0 Å². The number of carbonyl (C=O) groups excluding carboxylic acids is 1. The van der Waals surface area contributed by atoms with Gasteiger partial charge in [-0.25, -0.2) is 0 Å². The first kappa shape index (κ1) is 14.4. The number of carbonyl (C=O) groups is 1. The van der Waals surface area contributed by atoms with Gasteiger partial charge < -0.3 is 11.1 Å². The third kappa shape index (κ3) is 5.74. The summed E-state index contributed by atoms with van der Waals surface area (Å²) in [6.45, 7) is 8.64. The lowest BCUT2D eigenvalue weighted by Gasteiger charge is -2.26. The highest BCUT2D eigenvalue weighted by Gasteiger charge is 2.19. The molecule has 0 saturated heterocycles. The highest BCUT2D eigenvalue weighted by atomic mass is 16.2. The van der Waals surface area contributed by atoms with Crippen molar-refractivity contribution in [3.63, 3.8) is 0 Å². The first-order valence-corrected chi connectivity index (χ1v) is 5.64. The fraction of sp³-hybridized carbons (Fsp3) is 0.909. The van der Waals surface area contributed by atoms with Gasteiger partial charge in [-0.1, -0.05) is 6.92 Å². The van der Waals surface area contributed by atoms with Gasteiger partial charge in [-0.3, -0.25) is 9.69 Å². The van der Waals surface area contributed by atoms with Crippen LogP contribution in [-0.4, -0.2) is 42.5 Å². The van der Waals surface area contributed by atoms with Crippen molar-refractivity contribution in [3.8, 4) is 0 Å². The molecule has 4 heteroatoms. The predicted molar refractivity (Wildman–Crippen MR) is 63.6 cm³/mol. The molecule has 90 valence electrons. The fourth-order valence-electron chi connectivity index (χ4n) is 1.28. The maximum absolute atomic E-state index is 11.7. The maximum Gasteiger partial charge on any atom is 0.237 e. The minimum absolute atomic E-state index is 0.0764. The summed E-state index contributed by atoms with van der Waals surface area (Å²) in [6, 6.07) is 0.211. The Morgan fingerprint density at radius 1 is 1.40 bits per heavy atom. The van der Waals surface area contributed by atoms with Gasteiger partial charge in [0.25, 0.3) is 0 Å². The van der Waals surface area contributed by atoms with Crippen LogP contribution < -0.4 is 11.1 Å². The van der Waals surface area contributed by atoms with Gasteiger partial charge in [0.05, 0.1) is 6.04 Å². The molecule has 0 heterocycles. The Morgan fingerprint density at radius 3 is 2.33 bits per heavy atom. The molecule has 0 aromatic heterocycles. The predicted octanol–water partition coefficient (Wildman–Crippen LogP) is 0.569. The zero-order chi connectivity index (χ0) is 12.0. The van der Waals surface area contributed by atoms with Gasteiger partial charge in [-0.05, 0) is 34.2 Å². The van der Waals surface area contributed by atoms with E-state index in [4.69, 9.17) is 5.73 Å². The van der Waals surface area contributed by atoms with Crippen LogP contribution in [0.5, 0.6) is 0 Å². The van der Waals surface area contributed by atoms with Gasteiger partial charge in [-0.15, -0.1) is 0 Å². The standard InChI is InChI=1S/C11H25N3O/c1-6-9(3)13-11(15)10(4)14(5)7-8(2)12/h8-10H,6-7,12H2,1-5H3,(H,13,15). The molecular formula is C11H25N3O. The molecule has 4 nitrogen and oxygen atoms in total.